The second-order valence-corrected chi connectivity index (χ2v) is 12.0. The quantitative estimate of drug-likeness (QED) is 0.253. The molecular weight excluding hydrogens is 508 g/mol. The van der Waals surface area contributed by atoms with Crippen molar-refractivity contribution in [2.75, 3.05) is 13.1 Å². The first-order valence-electron chi connectivity index (χ1n) is 12.5. The van der Waals surface area contributed by atoms with E-state index in [1.54, 1.807) is 0 Å². The van der Waals surface area contributed by atoms with Crippen molar-refractivity contribution in [3.05, 3.63) is 0 Å². The average molecular weight is 539 g/mol. The number of esters is 5. The third-order valence-electron chi connectivity index (χ3n) is 9.78. The Morgan fingerprint density at radius 3 is 2.26 bits per heavy atom. The van der Waals surface area contributed by atoms with Crippen LogP contribution in [0.4, 0.5) is 0 Å². The SMILES string of the molecule is C[C@@H]1C(=O)OC2[C@H](OC(=O)CN)C34C5CC(C(C)(C)C)C36C(OC(=O)[C@@H]6OC(=O)CN)OC4(C(=O)O5)[C@]21O. The summed E-state index contributed by atoms with van der Waals surface area (Å²) in [6, 6.07) is 0. The molecule has 2 aliphatic carbocycles. The lowest BCUT2D eigenvalue weighted by Crippen LogP contribution is -2.67. The van der Waals surface area contributed by atoms with Crippen LogP contribution in [-0.2, 0) is 52.4 Å². The van der Waals surface area contributed by atoms with E-state index in [-0.39, 0.29) is 6.42 Å². The Kier molecular flexibility index (Phi) is 4.84. The summed E-state index contributed by atoms with van der Waals surface area (Å²) < 4.78 is 34.8. The third kappa shape index (κ3) is 2.27. The van der Waals surface area contributed by atoms with Crippen molar-refractivity contribution in [1.29, 1.82) is 0 Å². The minimum Gasteiger partial charge on any atom is -0.459 e. The van der Waals surface area contributed by atoms with Crippen molar-refractivity contribution in [3.8, 4) is 0 Å². The number of rotatable bonds is 4. The summed E-state index contributed by atoms with van der Waals surface area (Å²) >= 11 is 0. The molecule has 0 amide bonds. The Balaban J connectivity index is 1.71. The fourth-order valence-electron chi connectivity index (χ4n) is 8.72. The van der Waals surface area contributed by atoms with Crippen LogP contribution in [0.3, 0.4) is 0 Å². The van der Waals surface area contributed by atoms with Crippen LogP contribution < -0.4 is 11.5 Å². The van der Waals surface area contributed by atoms with Gasteiger partial charge in [-0.1, -0.05) is 20.8 Å². The molecule has 2 spiro atoms. The summed E-state index contributed by atoms with van der Waals surface area (Å²) in [7, 11) is 0. The Morgan fingerprint density at radius 1 is 1.03 bits per heavy atom. The lowest BCUT2D eigenvalue weighted by atomic mass is 9.51. The molecule has 4 heterocycles. The van der Waals surface area contributed by atoms with Gasteiger partial charge in [-0.15, -0.1) is 0 Å². The van der Waals surface area contributed by atoms with Gasteiger partial charge >= 0.3 is 29.8 Å². The van der Waals surface area contributed by atoms with E-state index >= 15 is 0 Å². The van der Waals surface area contributed by atoms with E-state index in [0.717, 1.165) is 0 Å². The fraction of sp³-hybridized carbons (Fsp3) is 0.792. The smallest absolute Gasteiger partial charge is 0.350 e. The van der Waals surface area contributed by atoms with Gasteiger partial charge < -0.3 is 45.0 Å². The minimum atomic E-state index is -2.39. The standard InChI is InChI=1S/C24H30N2O12/c1-8-16(29)36-14-13(34-11(27)6-25)22-10-5-9(20(2,3)4)21(22)15(35-12(28)7-26)17(30)37-19(21)38-24(22,18(31)33-10)23(8,14)32/h8-10,13-15,19,32H,5-7,25-26H2,1-4H3/t8-,9?,10?,13+,14?,15+,19?,21?,22?,23-,24?/m1/s1. The molecule has 14 heteroatoms. The summed E-state index contributed by atoms with van der Waals surface area (Å²) in [5, 5.41) is 12.3. The molecule has 6 rings (SSSR count). The Labute approximate surface area is 216 Å². The Morgan fingerprint density at radius 2 is 1.66 bits per heavy atom. The second-order valence-electron chi connectivity index (χ2n) is 12.0. The molecule has 4 saturated heterocycles. The minimum absolute atomic E-state index is 0.117. The molecule has 208 valence electrons. The first-order chi connectivity index (χ1) is 17.7. The molecule has 6 fully saturated rings. The zero-order valence-electron chi connectivity index (χ0n) is 21.3. The second kappa shape index (κ2) is 7.23. The molecule has 38 heavy (non-hydrogen) atoms. The molecule has 0 aromatic carbocycles. The van der Waals surface area contributed by atoms with Gasteiger partial charge in [-0.2, -0.15) is 0 Å². The maximum atomic E-state index is 13.9. The summed E-state index contributed by atoms with van der Waals surface area (Å²) in [5.74, 6) is -6.62. The van der Waals surface area contributed by atoms with Crippen molar-refractivity contribution in [1.82, 2.24) is 0 Å². The van der Waals surface area contributed by atoms with Crippen LogP contribution >= 0.6 is 0 Å². The number of nitrogens with two attached hydrogens (primary N) is 2. The van der Waals surface area contributed by atoms with E-state index in [2.05, 4.69) is 0 Å². The summed E-state index contributed by atoms with van der Waals surface area (Å²) in [6.07, 6.45) is -7.32. The number of aliphatic hydroxyl groups is 1. The first-order valence-corrected chi connectivity index (χ1v) is 12.5. The molecule has 14 nitrogen and oxygen atoms in total. The molecule has 2 saturated carbocycles. The molecule has 6 aliphatic rings. The van der Waals surface area contributed by atoms with Gasteiger partial charge in [0.15, 0.2) is 17.8 Å². The predicted octanol–water partition coefficient (Wildman–Crippen LogP) is -2.35. The van der Waals surface area contributed by atoms with Crippen LogP contribution in [0.1, 0.15) is 34.1 Å². The zero-order valence-corrected chi connectivity index (χ0v) is 21.3. The van der Waals surface area contributed by atoms with Gasteiger partial charge in [0, 0.05) is 0 Å². The topological polar surface area (TPSA) is 213 Å². The maximum absolute atomic E-state index is 13.9. The lowest BCUT2D eigenvalue weighted by molar-refractivity contribution is -0.240. The highest BCUT2D eigenvalue weighted by atomic mass is 16.8. The van der Waals surface area contributed by atoms with Gasteiger partial charge in [-0.25, -0.2) is 9.59 Å². The van der Waals surface area contributed by atoms with Gasteiger partial charge in [-0.05, 0) is 24.7 Å². The molecular formula is C24H30N2O12. The highest BCUT2D eigenvalue weighted by molar-refractivity contribution is 5.94. The van der Waals surface area contributed by atoms with E-state index in [1.807, 2.05) is 20.8 Å². The molecule has 0 aromatic rings. The number of hydrogen-bond donors (Lipinski definition) is 3. The maximum Gasteiger partial charge on any atom is 0.350 e. The Bertz CT molecular complexity index is 1180. The van der Waals surface area contributed by atoms with E-state index in [9.17, 15) is 29.1 Å². The van der Waals surface area contributed by atoms with Gasteiger partial charge in [0.2, 0.25) is 18.0 Å². The molecule has 0 radical (unpaired) electrons. The normalized spacial score (nSPS) is 49.6. The summed E-state index contributed by atoms with van der Waals surface area (Å²) in [6.45, 7) is 5.85. The molecule has 0 aromatic heterocycles. The highest BCUT2D eigenvalue weighted by Crippen LogP contribution is 2.85. The van der Waals surface area contributed by atoms with Gasteiger partial charge in [-0.3, -0.25) is 14.4 Å². The molecule has 11 atom stereocenters. The third-order valence-corrected chi connectivity index (χ3v) is 9.78. The number of hydrogen-bond acceptors (Lipinski definition) is 14. The summed E-state index contributed by atoms with van der Waals surface area (Å²) in [5.41, 5.74) is 2.05. The monoisotopic (exact) mass is 538 g/mol. The lowest BCUT2D eigenvalue weighted by Gasteiger charge is -2.48. The number of carbonyl (C=O) groups excluding carboxylic acids is 5. The van der Waals surface area contributed by atoms with Crippen molar-refractivity contribution in [2.45, 2.75) is 76.0 Å². The van der Waals surface area contributed by atoms with E-state index < -0.39 is 113 Å². The van der Waals surface area contributed by atoms with Crippen molar-refractivity contribution >= 4 is 29.8 Å². The Hall–Kier alpha value is -2.81. The van der Waals surface area contributed by atoms with Crippen molar-refractivity contribution < 1.29 is 57.5 Å². The average Bonchev–Trinajstić information content (AvgIpc) is 3.56. The number of fused-ring (bicyclic) bond motifs is 1. The van der Waals surface area contributed by atoms with Crippen LogP contribution in [0.5, 0.6) is 0 Å². The number of ether oxygens (including phenoxy) is 6. The van der Waals surface area contributed by atoms with Crippen LogP contribution in [0, 0.1) is 28.1 Å². The van der Waals surface area contributed by atoms with Crippen LogP contribution in [-0.4, -0.2) is 90.0 Å². The largest absolute Gasteiger partial charge is 0.459 e. The molecule has 0 bridgehead atoms. The van der Waals surface area contributed by atoms with E-state index in [1.165, 1.54) is 6.92 Å². The van der Waals surface area contributed by atoms with Gasteiger partial charge in [0.1, 0.15) is 16.9 Å². The molecule has 5 N–H and O–H groups in total. The number of carbonyl (C=O) groups is 5. The predicted molar refractivity (Wildman–Crippen MR) is 118 cm³/mol. The van der Waals surface area contributed by atoms with Crippen molar-refractivity contribution in [2.24, 2.45) is 39.5 Å². The van der Waals surface area contributed by atoms with Crippen LogP contribution in [0.15, 0.2) is 0 Å². The molecule has 4 aliphatic heterocycles. The van der Waals surface area contributed by atoms with E-state index in [4.69, 9.17) is 39.9 Å². The van der Waals surface area contributed by atoms with Gasteiger partial charge in [0.25, 0.3) is 0 Å². The van der Waals surface area contributed by atoms with Crippen molar-refractivity contribution in [3.63, 3.8) is 0 Å². The first kappa shape index (κ1) is 25.5. The van der Waals surface area contributed by atoms with Crippen LogP contribution in [0.25, 0.3) is 0 Å². The summed E-state index contributed by atoms with van der Waals surface area (Å²) in [4.78, 5) is 65.3. The zero-order chi connectivity index (χ0) is 27.8. The van der Waals surface area contributed by atoms with Crippen LogP contribution in [0.2, 0.25) is 0 Å². The molecule has 7 unspecified atom stereocenters. The van der Waals surface area contributed by atoms with Gasteiger partial charge in [0.05, 0.1) is 19.0 Å². The fourth-order valence-corrected chi connectivity index (χ4v) is 8.72. The highest BCUT2D eigenvalue weighted by Gasteiger charge is 3.05. The van der Waals surface area contributed by atoms with E-state index in [0.29, 0.717) is 0 Å².